The molecule has 1 atom stereocenters. The van der Waals surface area contributed by atoms with Crippen molar-refractivity contribution in [1.29, 1.82) is 0 Å². The maximum absolute atomic E-state index is 5.96. The Bertz CT molecular complexity index is 322. The summed E-state index contributed by atoms with van der Waals surface area (Å²) in [4.78, 5) is 0.960. The molecule has 0 saturated carbocycles. The number of rotatable bonds is 0. The highest BCUT2D eigenvalue weighted by molar-refractivity contribution is 8.49. The molecule has 2 rings (SSSR count). The third-order valence-electron chi connectivity index (χ3n) is 1.57. The van der Waals surface area contributed by atoms with Crippen molar-refractivity contribution in [3.63, 3.8) is 0 Å². The second-order valence-corrected chi connectivity index (χ2v) is 5.48. The van der Waals surface area contributed by atoms with E-state index in [-0.39, 0.29) is 0 Å². The SMILES string of the molecule is NS1(Cl)N=Cc2ccccc21. The lowest BCUT2D eigenvalue weighted by Crippen LogP contribution is -1.97. The van der Waals surface area contributed by atoms with Crippen LogP contribution in [0.4, 0.5) is 0 Å². The Hall–Kier alpha value is -0.510. The van der Waals surface area contributed by atoms with Gasteiger partial charge in [0.25, 0.3) is 0 Å². The fraction of sp³-hybridized carbons (Fsp3) is 0. The summed E-state index contributed by atoms with van der Waals surface area (Å²) in [5.41, 5.74) is 1.04. The highest BCUT2D eigenvalue weighted by Gasteiger charge is 2.23. The van der Waals surface area contributed by atoms with Gasteiger partial charge in [0, 0.05) is 26.3 Å². The molecule has 0 saturated heterocycles. The molecule has 0 bridgehead atoms. The van der Waals surface area contributed by atoms with Crippen LogP contribution in [0.3, 0.4) is 0 Å². The highest BCUT2D eigenvalue weighted by Crippen LogP contribution is 2.58. The van der Waals surface area contributed by atoms with Crippen LogP contribution < -0.4 is 5.14 Å². The van der Waals surface area contributed by atoms with Crippen molar-refractivity contribution in [2.24, 2.45) is 9.54 Å². The fourth-order valence-corrected chi connectivity index (χ4v) is 2.68. The van der Waals surface area contributed by atoms with Gasteiger partial charge in [-0.3, -0.25) is 5.14 Å². The summed E-state index contributed by atoms with van der Waals surface area (Å²) in [6, 6.07) is 7.75. The number of benzene rings is 1. The third kappa shape index (κ3) is 1.05. The molecule has 1 aromatic carbocycles. The van der Waals surface area contributed by atoms with E-state index in [1.165, 1.54) is 0 Å². The van der Waals surface area contributed by atoms with Crippen LogP contribution in [0.5, 0.6) is 0 Å². The normalized spacial score (nSPS) is 32.9. The maximum atomic E-state index is 5.96. The molecular formula is C7H7ClN2S. The van der Waals surface area contributed by atoms with Crippen LogP contribution in [0.2, 0.25) is 0 Å². The van der Waals surface area contributed by atoms with Gasteiger partial charge in [-0.05, 0) is 16.7 Å². The van der Waals surface area contributed by atoms with Gasteiger partial charge in [0.05, 0.1) is 0 Å². The van der Waals surface area contributed by atoms with Crippen LogP contribution in [0, 0.1) is 0 Å². The summed E-state index contributed by atoms with van der Waals surface area (Å²) in [6.45, 7) is 0. The molecule has 2 N–H and O–H groups in total. The Morgan fingerprint density at radius 1 is 1.36 bits per heavy atom. The van der Waals surface area contributed by atoms with Crippen molar-refractivity contribution in [3.05, 3.63) is 29.8 Å². The number of fused-ring (bicyclic) bond motifs is 1. The predicted octanol–water partition coefficient (Wildman–Crippen LogP) is 2.23. The van der Waals surface area contributed by atoms with Crippen LogP contribution in [-0.4, -0.2) is 6.21 Å². The summed E-state index contributed by atoms with van der Waals surface area (Å²) in [6.07, 6.45) is 1.73. The van der Waals surface area contributed by atoms with Crippen molar-refractivity contribution in [3.8, 4) is 0 Å². The van der Waals surface area contributed by atoms with Crippen LogP contribution in [0.15, 0.2) is 33.6 Å². The first-order valence-corrected chi connectivity index (χ1v) is 5.63. The van der Waals surface area contributed by atoms with E-state index < -0.39 is 9.61 Å². The first-order valence-electron chi connectivity index (χ1n) is 3.15. The molecule has 11 heavy (non-hydrogen) atoms. The summed E-state index contributed by atoms with van der Waals surface area (Å²) in [5, 5.41) is 5.74. The van der Waals surface area contributed by atoms with E-state index in [2.05, 4.69) is 4.40 Å². The van der Waals surface area contributed by atoms with Crippen LogP contribution >= 0.6 is 20.3 Å². The summed E-state index contributed by atoms with van der Waals surface area (Å²) < 4.78 is 4.04. The van der Waals surface area contributed by atoms with Crippen molar-refractivity contribution in [2.75, 3.05) is 0 Å². The standard InChI is InChI=1S/C7H7ClN2S/c8-11(9)7-4-2-1-3-6(7)5-10-11/h1-5H,9H2. The molecule has 1 aromatic rings. The molecular weight excluding hydrogens is 180 g/mol. The first-order chi connectivity index (χ1) is 5.20. The summed E-state index contributed by atoms with van der Waals surface area (Å²) in [5.74, 6) is 0. The number of halogens is 1. The Morgan fingerprint density at radius 3 is 2.82 bits per heavy atom. The van der Waals surface area contributed by atoms with E-state index in [0.29, 0.717) is 0 Å². The predicted molar refractivity (Wildman–Crippen MR) is 49.9 cm³/mol. The number of nitrogens with zero attached hydrogens (tertiary/aromatic N) is 1. The lowest BCUT2D eigenvalue weighted by molar-refractivity contribution is 1.43. The van der Waals surface area contributed by atoms with Crippen LogP contribution in [0.25, 0.3) is 0 Å². The van der Waals surface area contributed by atoms with E-state index in [1.54, 1.807) is 6.21 Å². The molecule has 0 fully saturated rings. The molecule has 1 aliphatic rings. The van der Waals surface area contributed by atoms with E-state index in [4.69, 9.17) is 15.8 Å². The minimum absolute atomic E-state index is 0.960. The lowest BCUT2D eigenvalue weighted by Gasteiger charge is -2.17. The largest absolute Gasteiger partial charge is 0.262 e. The van der Waals surface area contributed by atoms with Crippen molar-refractivity contribution < 1.29 is 0 Å². The summed E-state index contributed by atoms with van der Waals surface area (Å²) >= 11 is 0. The van der Waals surface area contributed by atoms with Gasteiger partial charge in [0.2, 0.25) is 0 Å². The molecule has 0 aliphatic carbocycles. The topological polar surface area (TPSA) is 38.4 Å². The minimum Gasteiger partial charge on any atom is -0.262 e. The maximum Gasteiger partial charge on any atom is 0.0452 e. The zero-order valence-corrected chi connectivity index (χ0v) is 7.27. The van der Waals surface area contributed by atoms with Gasteiger partial charge >= 0.3 is 0 Å². The Kier molecular flexibility index (Phi) is 1.45. The smallest absolute Gasteiger partial charge is 0.0452 e. The Labute approximate surface area is 71.2 Å². The Morgan fingerprint density at radius 2 is 2.09 bits per heavy atom. The molecule has 1 aliphatic heterocycles. The number of hydrogen-bond acceptors (Lipinski definition) is 2. The molecule has 2 nitrogen and oxygen atoms in total. The number of hydrogen-bond donors (Lipinski definition) is 1. The molecule has 58 valence electrons. The average molecular weight is 187 g/mol. The second kappa shape index (κ2) is 2.24. The van der Waals surface area contributed by atoms with Gasteiger partial charge in [-0.25, -0.2) is 4.40 Å². The average Bonchev–Trinajstić information content (AvgIpc) is 2.29. The van der Waals surface area contributed by atoms with Crippen LogP contribution in [0.1, 0.15) is 5.56 Å². The molecule has 0 radical (unpaired) electrons. The monoisotopic (exact) mass is 186 g/mol. The molecule has 0 spiro atoms. The molecule has 4 heteroatoms. The Balaban J connectivity index is 2.64. The van der Waals surface area contributed by atoms with E-state index in [9.17, 15) is 0 Å². The zero-order valence-electron chi connectivity index (χ0n) is 5.70. The first kappa shape index (κ1) is 7.16. The summed E-state index contributed by atoms with van der Waals surface area (Å²) in [7, 11) is 4.10. The highest BCUT2D eigenvalue weighted by atomic mass is 35.7. The molecule has 0 amide bonds. The quantitative estimate of drug-likeness (QED) is 0.663. The van der Waals surface area contributed by atoms with E-state index in [1.807, 2.05) is 24.3 Å². The fourth-order valence-electron chi connectivity index (χ4n) is 1.04. The van der Waals surface area contributed by atoms with Crippen molar-refractivity contribution >= 4 is 26.5 Å². The molecule has 0 aromatic heterocycles. The van der Waals surface area contributed by atoms with Gasteiger partial charge in [-0.1, -0.05) is 18.2 Å². The van der Waals surface area contributed by atoms with Crippen molar-refractivity contribution in [1.82, 2.24) is 0 Å². The minimum atomic E-state index is -1.86. The lowest BCUT2D eigenvalue weighted by atomic mass is 10.2. The van der Waals surface area contributed by atoms with Gasteiger partial charge in [-0.2, -0.15) is 0 Å². The second-order valence-electron chi connectivity index (χ2n) is 2.32. The van der Waals surface area contributed by atoms with Crippen molar-refractivity contribution in [2.45, 2.75) is 4.90 Å². The van der Waals surface area contributed by atoms with Crippen LogP contribution in [-0.2, 0) is 0 Å². The van der Waals surface area contributed by atoms with Gasteiger partial charge in [0.15, 0.2) is 0 Å². The van der Waals surface area contributed by atoms with Gasteiger partial charge in [0.1, 0.15) is 0 Å². The molecule has 1 heterocycles. The zero-order chi connectivity index (χ0) is 7.90. The van der Waals surface area contributed by atoms with E-state index >= 15 is 0 Å². The van der Waals surface area contributed by atoms with Gasteiger partial charge in [-0.15, -0.1) is 0 Å². The third-order valence-corrected chi connectivity index (χ3v) is 3.71. The molecule has 1 unspecified atom stereocenters. The van der Waals surface area contributed by atoms with Gasteiger partial charge < -0.3 is 0 Å². The number of nitrogens with two attached hydrogens (primary N) is 1. The van der Waals surface area contributed by atoms with E-state index in [0.717, 1.165) is 10.5 Å².